The van der Waals surface area contributed by atoms with Crippen molar-refractivity contribution in [3.05, 3.63) is 5.01 Å². The molecule has 1 saturated heterocycles. The van der Waals surface area contributed by atoms with Crippen molar-refractivity contribution in [2.75, 3.05) is 30.7 Å². The van der Waals surface area contributed by atoms with Gasteiger partial charge in [-0.05, 0) is 13.3 Å². The summed E-state index contributed by atoms with van der Waals surface area (Å²) in [6, 6.07) is 0. The lowest BCUT2D eigenvalue weighted by atomic mass is 10.3. The summed E-state index contributed by atoms with van der Waals surface area (Å²) in [4.78, 5) is 2.50. The predicted molar refractivity (Wildman–Crippen MR) is 75.9 cm³/mol. The third-order valence-corrected chi connectivity index (χ3v) is 5.07. The summed E-state index contributed by atoms with van der Waals surface area (Å²) in [7, 11) is 0. The van der Waals surface area contributed by atoms with E-state index in [2.05, 4.69) is 46.0 Å². The van der Waals surface area contributed by atoms with Crippen LogP contribution in [-0.4, -0.2) is 45.7 Å². The van der Waals surface area contributed by atoms with Crippen LogP contribution in [0, 0.1) is 0 Å². The maximum Gasteiger partial charge on any atom is 0.205 e. The second kappa shape index (κ2) is 6.56. The van der Waals surface area contributed by atoms with Crippen LogP contribution in [0.3, 0.4) is 0 Å². The van der Waals surface area contributed by atoms with Crippen molar-refractivity contribution in [1.82, 2.24) is 15.1 Å². The molecule has 2 rings (SSSR count). The van der Waals surface area contributed by atoms with Crippen molar-refractivity contribution in [3.8, 4) is 0 Å². The standard InChI is InChI=1S/C11H20N4S2/c1-3-9-7-15(5-6-16-9)8-10-13-14-11(17-10)12-4-2/h9H,3-8H2,1-2H3,(H,12,14). The Morgan fingerprint density at radius 3 is 3.06 bits per heavy atom. The Labute approximate surface area is 111 Å². The van der Waals surface area contributed by atoms with Crippen LogP contribution in [0.4, 0.5) is 5.13 Å². The van der Waals surface area contributed by atoms with Gasteiger partial charge in [-0.25, -0.2) is 0 Å². The SMILES string of the molecule is CCNc1nnc(CN2CCSC(CC)C2)s1. The van der Waals surface area contributed by atoms with Crippen LogP contribution in [0.2, 0.25) is 0 Å². The van der Waals surface area contributed by atoms with Gasteiger partial charge >= 0.3 is 0 Å². The number of hydrogen-bond donors (Lipinski definition) is 1. The van der Waals surface area contributed by atoms with Gasteiger partial charge in [-0.1, -0.05) is 18.3 Å². The number of rotatable bonds is 5. The molecule has 1 N–H and O–H groups in total. The zero-order valence-corrected chi connectivity index (χ0v) is 12.1. The third kappa shape index (κ3) is 3.82. The van der Waals surface area contributed by atoms with Gasteiger partial charge in [0.2, 0.25) is 5.13 Å². The van der Waals surface area contributed by atoms with E-state index >= 15 is 0 Å². The van der Waals surface area contributed by atoms with E-state index in [-0.39, 0.29) is 0 Å². The average Bonchev–Trinajstić information content (AvgIpc) is 2.77. The molecule has 96 valence electrons. The summed E-state index contributed by atoms with van der Waals surface area (Å²) < 4.78 is 0. The third-order valence-electron chi connectivity index (χ3n) is 2.83. The summed E-state index contributed by atoms with van der Waals surface area (Å²) in [5.74, 6) is 1.25. The number of nitrogens with zero attached hydrogens (tertiary/aromatic N) is 3. The Balaban J connectivity index is 1.86. The molecule has 0 saturated carbocycles. The molecule has 0 aromatic carbocycles. The van der Waals surface area contributed by atoms with Crippen LogP contribution >= 0.6 is 23.1 Å². The monoisotopic (exact) mass is 272 g/mol. The summed E-state index contributed by atoms with van der Waals surface area (Å²) in [6.45, 7) is 8.59. The summed E-state index contributed by atoms with van der Waals surface area (Å²) in [5, 5.41) is 14.4. The highest BCUT2D eigenvalue weighted by Crippen LogP contribution is 2.23. The molecule has 17 heavy (non-hydrogen) atoms. The molecule has 1 aliphatic rings. The first kappa shape index (κ1) is 13.1. The molecule has 1 atom stereocenters. The predicted octanol–water partition coefficient (Wildman–Crippen LogP) is 2.30. The topological polar surface area (TPSA) is 41.1 Å². The zero-order valence-electron chi connectivity index (χ0n) is 10.5. The van der Waals surface area contributed by atoms with Gasteiger partial charge in [0.05, 0.1) is 6.54 Å². The molecule has 0 aliphatic carbocycles. The quantitative estimate of drug-likeness (QED) is 0.890. The van der Waals surface area contributed by atoms with Gasteiger partial charge in [0, 0.05) is 30.6 Å². The van der Waals surface area contributed by atoms with Crippen molar-refractivity contribution in [2.45, 2.75) is 32.1 Å². The number of hydrogen-bond acceptors (Lipinski definition) is 6. The minimum Gasteiger partial charge on any atom is -0.360 e. The first-order valence-electron chi connectivity index (χ1n) is 6.22. The van der Waals surface area contributed by atoms with E-state index in [9.17, 15) is 0 Å². The van der Waals surface area contributed by atoms with E-state index in [1.807, 2.05) is 0 Å². The largest absolute Gasteiger partial charge is 0.360 e. The highest BCUT2D eigenvalue weighted by atomic mass is 32.2. The highest BCUT2D eigenvalue weighted by molar-refractivity contribution is 8.00. The molecule has 4 nitrogen and oxygen atoms in total. The van der Waals surface area contributed by atoms with Crippen molar-refractivity contribution < 1.29 is 0 Å². The molecular formula is C11H20N4S2. The summed E-state index contributed by atoms with van der Waals surface area (Å²) in [5.41, 5.74) is 0. The molecule has 1 fully saturated rings. The maximum atomic E-state index is 4.24. The van der Waals surface area contributed by atoms with Crippen molar-refractivity contribution in [1.29, 1.82) is 0 Å². The van der Waals surface area contributed by atoms with Crippen LogP contribution in [-0.2, 0) is 6.54 Å². The average molecular weight is 272 g/mol. The van der Waals surface area contributed by atoms with Crippen molar-refractivity contribution >= 4 is 28.2 Å². The van der Waals surface area contributed by atoms with Crippen molar-refractivity contribution in [2.24, 2.45) is 0 Å². The van der Waals surface area contributed by atoms with Crippen LogP contribution in [0.1, 0.15) is 25.3 Å². The number of thioether (sulfide) groups is 1. The lowest BCUT2D eigenvalue weighted by Gasteiger charge is -2.30. The minimum atomic E-state index is 0.796. The summed E-state index contributed by atoms with van der Waals surface area (Å²) in [6.07, 6.45) is 1.26. The molecule has 6 heteroatoms. The molecule has 0 amide bonds. The fourth-order valence-corrected chi connectivity index (χ4v) is 4.00. The smallest absolute Gasteiger partial charge is 0.205 e. The molecule has 1 aromatic heterocycles. The fourth-order valence-electron chi connectivity index (χ4n) is 1.90. The van der Waals surface area contributed by atoms with Crippen molar-refractivity contribution in [3.63, 3.8) is 0 Å². The molecule has 1 aliphatic heterocycles. The van der Waals surface area contributed by atoms with Gasteiger partial charge in [-0.15, -0.1) is 10.2 Å². The van der Waals surface area contributed by atoms with E-state index in [4.69, 9.17) is 0 Å². The second-order valence-electron chi connectivity index (χ2n) is 4.17. The van der Waals surface area contributed by atoms with Crippen LogP contribution in [0.25, 0.3) is 0 Å². The van der Waals surface area contributed by atoms with Crippen LogP contribution < -0.4 is 5.32 Å². The second-order valence-corrected chi connectivity index (χ2v) is 6.64. The minimum absolute atomic E-state index is 0.796. The Morgan fingerprint density at radius 2 is 2.29 bits per heavy atom. The molecule has 0 radical (unpaired) electrons. The Bertz CT molecular complexity index is 342. The van der Waals surface area contributed by atoms with Gasteiger partial charge in [-0.3, -0.25) is 4.90 Å². The van der Waals surface area contributed by atoms with Gasteiger partial charge in [-0.2, -0.15) is 11.8 Å². The molecule has 2 heterocycles. The summed E-state index contributed by atoms with van der Waals surface area (Å²) >= 11 is 3.78. The molecule has 1 unspecified atom stereocenters. The Hall–Kier alpha value is -0.330. The van der Waals surface area contributed by atoms with E-state index in [1.54, 1.807) is 11.3 Å². The van der Waals surface area contributed by atoms with Crippen LogP contribution in [0.15, 0.2) is 0 Å². The first-order valence-corrected chi connectivity index (χ1v) is 8.08. The number of anilines is 1. The lowest BCUT2D eigenvalue weighted by Crippen LogP contribution is -2.36. The van der Waals surface area contributed by atoms with E-state index in [0.29, 0.717) is 0 Å². The maximum absolute atomic E-state index is 4.24. The molecule has 0 spiro atoms. The van der Waals surface area contributed by atoms with Gasteiger partial charge in [0.25, 0.3) is 0 Å². The van der Waals surface area contributed by atoms with Gasteiger partial charge < -0.3 is 5.32 Å². The fraction of sp³-hybridized carbons (Fsp3) is 0.818. The van der Waals surface area contributed by atoms with E-state index in [1.165, 1.54) is 25.3 Å². The van der Waals surface area contributed by atoms with E-state index in [0.717, 1.165) is 28.5 Å². The number of nitrogens with one attached hydrogen (secondary N) is 1. The lowest BCUT2D eigenvalue weighted by molar-refractivity contribution is 0.272. The number of aromatic nitrogens is 2. The van der Waals surface area contributed by atoms with Gasteiger partial charge in [0.1, 0.15) is 5.01 Å². The zero-order chi connectivity index (χ0) is 12.1. The van der Waals surface area contributed by atoms with Gasteiger partial charge in [0.15, 0.2) is 0 Å². The van der Waals surface area contributed by atoms with E-state index < -0.39 is 0 Å². The Morgan fingerprint density at radius 1 is 1.41 bits per heavy atom. The molecule has 1 aromatic rings. The molecule has 0 bridgehead atoms. The first-order chi connectivity index (χ1) is 8.31. The molecular weight excluding hydrogens is 252 g/mol. The Kier molecular flexibility index (Phi) is 5.06. The van der Waals surface area contributed by atoms with Crippen LogP contribution in [0.5, 0.6) is 0 Å². The normalized spacial score (nSPS) is 21.6. The highest BCUT2D eigenvalue weighted by Gasteiger charge is 2.20.